The molecule has 2 aromatic heterocycles. The Morgan fingerprint density at radius 1 is 1.28 bits per heavy atom. The predicted molar refractivity (Wildman–Crippen MR) is 94.7 cm³/mol. The number of ether oxygens (including phenoxy) is 2. The Morgan fingerprint density at radius 2 is 2.24 bits per heavy atom. The van der Waals surface area contributed by atoms with E-state index in [1.165, 1.54) is 0 Å². The second-order valence-electron chi connectivity index (χ2n) is 7.03. The lowest BCUT2D eigenvalue weighted by atomic mass is 9.73. The summed E-state index contributed by atoms with van der Waals surface area (Å²) in [5.74, 6) is 1.61. The molecule has 6 heteroatoms. The van der Waals surface area contributed by atoms with Crippen LogP contribution in [-0.2, 0) is 4.74 Å². The molecule has 0 radical (unpaired) electrons. The highest BCUT2D eigenvalue weighted by Crippen LogP contribution is 2.41. The van der Waals surface area contributed by atoms with Crippen LogP contribution in [0.15, 0.2) is 36.5 Å². The van der Waals surface area contributed by atoms with Crippen LogP contribution in [0.1, 0.15) is 25.0 Å². The first-order valence-corrected chi connectivity index (χ1v) is 8.96. The summed E-state index contributed by atoms with van der Waals surface area (Å²) in [6, 6.07) is 9.82. The Morgan fingerprint density at radius 3 is 3.04 bits per heavy atom. The number of hydrogen-bond donors (Lipinski definition) is 0. The van der Waals surface area contributed by atoms with Crippen LogP contribution in [0.2, 0.25) is 0 Å². The first-order chi connectivity index (χ1) is 12.3. The van der Waals surface area contributed by atoms with Crippen LogP contribution >= 0.6 is 0 Å². The van der Waals surface area contributed by atoms with E-state index in [1.54, 1.807) is 6.20 Å². The van der Waals surface area contributed by atoms with Crippen LogP contribution in [0.3, 0.4) is 0 Å². The highest BCUT2D eigenvalue weighted by Gasteiger charge is 2.47. The van der Waals surface area contributed by atoms with Gasteiger partial charge in [-0.2, -0.15) is 5.10 Å². The molecule has 2 atom stereocenters. The maximum atomic E-state index is 6.11. The van der Waals surface area contributed by atoms with E-state index in [2.05, 4.69) is 26.1 Å². The normalized spacial score (nSPS) is 26.1. The molecule has 0 saturated carbocycles. The van der Waals surface area contributed by atoms with Gasteiger partial charge in [0.05, 0.1) is 18.4 Å². The zero-order valence-corrected chi connectivity index (χ0v) is 14.6. The number of piperidine rings is 1. The van der Waals surface area contributed by atoms with Crippen molar-refractivity contribution in [1.29, 1.82) is 0 Å². The minimum absolute atomic E-state index is 0.0272. The van der Waals surface area contributed by atoms with Gasteiger partial charge in [-0.05, 0) is 44.4 Å². The third kappa shape index (κ3) is 3.44. The monoisotopic (exact) mass is 340 g/mol. The molecule has 25 heavy (non-hydrogen) atoms. The third-order valence-electron chi connectivity index (χ3n) is 5.24. The van der Waals surface area contributed by atoms with Gasteiger partial charge < -0.3 is 14.4 Å². The molecule has 0 aromatic carbocycles. The predicted octanol–water partition coefficient (Wildman–Crippen LogP) is 2.63. The molecule has 4 rings (SSSR count). The topological polar surface area (TPSA) is 60.4 Å². The second kappa shape index (κ2) is 6.96. The minimum atomic E-state index is -0.0272. The highest BCUT2D eigenvalue weighted by atomic mass is 16.5. The number of aryl methyl sites for hydroxylation is 1. The number of rotatable bonds is 4. The van der Waals surface area contributed by atoms with E-state index in [0.717, 1.165) is 50.5 Å². The van der Waals surface area contributed by atoms with Crippen molar-refractivity contribution in [1.82, 2.24) is 15.2 Å². The summed E-state index contributed by atoms with van der Waals surface area (Å²) in [5, 5.41) is 8.58. The molecule has 2 fully saturated rings. The molecule has 2 aliphatic rings. The van der Waals surface area contributed by atoms with Gasteiger partial charge in [0.2, 0.25) is 5.88 Å². The maximum Gasteiger partial charge on any atom is 0.213 e. The lowest BCUT2D eigenvalue weighted by Crippen LogP contribution is -2.57. The van der Waals surface area contributed by atoms with Crippen LogP contribution in [0.4, 0.5) is 5.82 Å². The number of hydrogen-bond acceptors (Lipinski definition) is 6. The standard InChI is InChI=1S/C19H24N4O2/c1-15-6-7-17(22-21-15)23-11-8-16-19(13-23,9-4-12-24-16)14-25-18-5-2-3-10-20-18/h2-3,5-7,10,16H,4,8-9,11-14H2,1H3/t16-,19+/m0/s1. The van der Waals surface area contributed by atoms with E-state index in [9.17, 15) is 0 Å². The minimum Gasteiger partial charge on any atom is -0.477 e. The van der Waals surface area contributed by atoms with Crippen molar-refractivity contribution < 1.29 is 9.47 Å². The van der Waals surface area contributed by atoms with Crippen molar-refractivity contribution in [2.75, 3.05) is 31.2 Å². The number of anilines is 1. The summed E-state index contributed by atoms with van der Waals surface area (Å²) in [4.78, 5) is 6.60. The van der Waals surface area contributed by atoms with Gasteiger partial charge in [0.25, 0.3) is 0 Å². The van der Waals surface area contributed by atoms with Gasteiger partial charge in [-0.1, -0.05) is 6.07 Å². The van der Waals surface area contributed by atoms with Gasteiger partial charge in [-0.15, -0.1) is 5.10 Å². The zero-order chi connectivity index (χ0) is 17.1. The van der Waals surface area contributed by atoms with E-state index >= 15 is 0 Å². The molecular formula is C19H24N4O2. The molecule has 2 saturated heterocycles. The van der Waals surface area contributed by atoms with Gasteiger partial charge in [0.1, 0.15) is 0 Å². The van der Waals surface area contributed by atoms with Crippen LogP contribution in [-0.4, -0.2) is 47.6 Å². The van der Waals surface area contributed by atoms with Crippen molar-refractivity contribution in [2.45, 2.75) is 32.3 Å². The Hall–Kier alpha value is -2.21. The summed E-state index contributed by atoms with van der Waals surface area (Å²) in [6.45, 7) is 5.24. The van der Waals surface area contributed by atoms with E-state index in [1.807, 2.05) is 31.2 Å². The van der Waals surface area contributed by atoms with E-state index in [4.69, 9.17) is 9.47 Å². The fourth-order valence-electron chi connectivity index (χ4n) is 3.91. The number of pyridine rings is 1. The summed E-state index contributed by atoms with van der Waals surface area (Å²) >= 11 is 0. The largest absolute Gasteiger partial charge is 0.477 e. The average Bonchev–Trinajstić information content (AvgIpc) is 2.67. The first-order valence-electron chi connectivity index (χ1n) is 8.96. The summed E-state index contributed by atoms with van der Waals surface area (Å²) in [6.07, 6.45) is 5.15. The van der Waals surface area contributed by atoms with Crippen LogP contribution in [0.5, 0.6) is 5.88 Å². The molecule has 0 bridgehead atoms. The fraction of sp³-hybridized carbons (Fsp3) is 0.526. The molecular weight excluding hydrogens is 316 g/mol. The van der Waals surface area contributed by atoms with Gasteiger partial charge >= 0.3 is 0 Å². The Labute approximate surface area is 148 Å². The summed E-state index contributed by atoms with van der Waals surface area (Å²) < 4.78 is 12.2. The molecule has 2 aromatic rings. The van der Waals surface area contributed by atoms with Crippen molar-refractivity contribution >= 4 is 5.82 Å². The van der Waals surface area contributed by atoms with E-state index < -0.39 is 0 Å². The lowest BCUT2D eigenvalue weighted by Gasteiger charge is -2.50. The van der Waals surface area contributed by atoms with Gasteiger partial charge in [0, 0.05) is 37.4 Å². The Bertz CT molecular complexity index is 694. The van der Waals surface area contributed by atoms with Crippen LogP contribution < -0.4 is 9.64 Å². The van der Waals surface area contributed by atoms with Crippen molar-refractivity contribution in [3.05, 3.63) is 42.2 Å². The van der Waals surface area contributed by atoms with E-state index in [-0.39, 0.29) is 11.5 Å². The van der Waals surface area contributed by atoms with Crippen LogP contribution in [0, 0.1) is 12.3 Å². The molecule has 0 aliphatic carbocycles. The SMILES string of the molecule is Cc1ccc(N2CC[C@@H]3OCCC[C@]3(COc3ccccn3)C2)nn1. The number of nitrogens with zero attached hydrogens (tertiary/aromatic N) is 4. The first kappa shape index (κ1) is 16.3. The Kier molecular flexibility index (Phi) is 4.53. The third-order valence-corrected chi connectivity index (χ3v) is 5.24. The molecule has 2 aliphatic heterocycles. The molecule has 0 unspecified atom stereocenters. The molecule has 0 N–H and O–H groups in total. The van der Waals surface area contributed by atoms with Crippen molar-refractivity contribution in [3.63, 3.8) is 0 Å². The highest BCUT2D eigenvalue weighted by molar-refractivity contribution is 5.39. The maximum absolute atomic E-state index is 6.11. The second-order valence-corrected chi connectivity index (χ2v) is 7.03. The molecule has 0 amide bonds. The van der Waals surface area contributed by atoms with Crippen LogP contribution in [0.25, 0.3) is 0 Å². The number of fused-ring (bicyclic) bond motifs is 1. The fourth-order valence-corrected chi connectivity index (χ4v) is 3.91. The van der Waals surface area contributed by atoms with E-state index in [0.29, 0.717) is 12.5 Å². The van der Waals surface area contributed by atoms with Gasteiger partial charge in [-0.25, -0.2) is 4.98 Å². The Balaban J connectivity index is 1.53. The van der Waals surface area contributed by atoms with Crippen molar-refractivity contribution in [2.24, 2.45) is 5.41 Å². The van der Waals surface area contributed by atoms with Gasteiger partial charge in [0.15, 0.2) is 5.82 Å². The quantitative estimate of drug-likeness (QED) is 0.853. The lowest BCUT2D eigenvalue weighted by molar-refractivity contribution is -0.110. The smallest absolute Gasteiger partial charge is 0.213 e. The molecule has 0 spiro atoms. The number of aromatic nitrogens is 3. The van der Waals surface area contributed by atoms with Gasteiger partial charge in [-0.3, -0.25) is 0 Å². The zero-order valence-electron chi connectivity index (χ0n) is 14.6. The van der Waals surface area contributed by atoms with Crippen molar-refractivity contribution in [3.8, 4) is 5.88 Å². The summed E-state index contributed by atoms with van der Waals surface area (Å²) in [7, 11) is 0. The average molecular weight is 340 g/mol. The molecule has 6 nitrogen and oxygen atoms in total. The summed E-state index contributed by atoms with van der Waals surface area (Å²) in [5.41, 5.74) is 0.911. The molecule has 132 valence electrons. The molecule has 4 heterocycles.